The van der Waals surface area contributed by atoms with Crippen LogP contribution in [-0.2, 0) is 0 Å². The van der Waals surface area contributed by atoms with Gasteiger partial charge in [-0.1, -0.05) is 48.9 Å². The number of hydrogen-bond donors (Lipinski definition) is 1. The molecule has 0 spiro atoms. The zero-order chi connectivity index (χ0) is 22.2. The molecule has 3 rings (SSSR count). The van der Waals surface area contributed by atoms with Crippen LogP contribution in [0.4, 0.5) is 11.4 Å². The number of para-hydroxylation sites is 2. The van der Waals surface area contributed by atoms with Crippen molar-refractivity contribution in [1.29, 1.82) is 0 Å². The second-order valence-electron chi connectivity index (χ2n) is 8.56. The molecular weight excluding hydrogens is 382 g/mol. The first-order valence-electron chi connectivity index (χ1n) is 11.0. The Kier molecular flexibility index (Phi) is 7.82. The molecule has 1 N–H and O–H groups in total. The second kappa shape index (κ2) is 10.8. The zero-order valence-electron chi connectivity index (χ0n) is 19.1. The van der Waals surface area contributed by atoms with E-state index in [0.717, 1.165) is 36.0 Å². The first-order valence-corrected chi connectivity index (χ1v) is 11.0. The normalized spacial score (nSPS) is 11.7. The van der Waals surface area contributed by atoms with Crippen LogP contribution in [0.15, 0.2) is 72.4 Å². The summed E-state index contributed by atoms with van der Waals surface area (Å²) in [5, 5.41) is 4.02. The van der Waals surface area contributed by atoms with E-state index in [1.807, 2.05) is 54.6 Å². The Bertz CT molecular complexity index is 1050. The SMILES string of the molecule is CC(C)=CCCC(C)CCN(C)c1ccccc1C(=O)Nc1cnc2ccccc2c1. The van der Waals surface area contributed by atoms with Crippen molar-refractivity contribution in [3.8, 4) is 0 Å². The van der Waals surface area contributed by atoms with Crippen LogP contribution in [0.2, 0.25) is 0 Å². The molecule has 3 aromatic rings. The fraction of sp³-hybridized carbons (Fsp3) is 0.333. The largest absolute Gasteiger partial charge is 0.374 e. The lowest BCUT2D eigenvalue weighted by Crippen LogP contribution is -2.24. The number of rotatable bonds is 9. The van der Waals surface area contributed by atoms with Crippen molar-refractivity contribution >= 4 is 28.2 Å². The van der Waals surface area contributed by atoms with E-state index in [-0.39, 0.29) is 5.91 Å². The molecule has 0 radical (unpaired) electrons. The number of amides is 1. The van der Waals surface area contributed by atoms with Crippen molar-refractivity contribution in [3.05, 3.63) is 78.0 Å². The molecule has 0 saturated heterocycles. The van der Waals surface area contributed by atoms with Gasteiger partial charge in [-0.05, 0) is 63.3 Å². The molecule has 1 amide bonds. The third-order valence-electron chi connectivity index (χ3n) is 5.58. The summed E-state index contributed by atoms with van der Waals surface area (Å²) in [6, 6.07) is 17.6. The molecule has 2 aromatic carbocycles. The minimum atomic E-state index is -0.115. The Morgan fingerprint density at radius 3 is 2.65 bits per heavy atom. The summed E-state index contributed by atoms with van der Waals surface area (Å²) in [7, 11) is 2.06. The average molecular weight is 416 g/mol. The molecule has 4 heteroatoms. The number of nitrogens with one attached hydrogen (secondary N) is 1. The van der Waals surface area contributed by atoms with Crippen LogP contribution in [0.5, 0.6) is 0 Å². The summed E-state index contributed by atoms with van der Waals surface area (Å²) in [6.07, 6.45) is 7.43. The fourth-order valence-corrected chi connectivity index (χ4v) is 3.67. The van der Waals surface area contributed by atoms with E-state index in [2.05, 4.69) is 49.1 Å². The molecule has 0 aliphatic heterocycles. The molecule has 0 aliphatic rings. The number of fused-ring (bicyclic) bond motifs is 1. The Labute approximate surface area is 186 Å². The van der Waals surface area contributed by atoms with E-state index >= 15 is 0 Å². The van der Waals surface area contributed by atoms with Crippen LogP contribution >= 0.6 is 0 Å². The van der Waals surface area contributed by atoms with E-state index in [9.17, 15) is 4.79 Å². The molecular formula is C27H33N3O. The van der Waals surface area contributed by atoms with Gasteiger partial charge in [0, 0.05) is 24.7 Å². The molecule has 0 fully saturated rings. The topological polar surface area (TPSA) is 45.2 Å². The molecule has 0 saturated carbocycles. The molecule has 1 atom stereocenters. The van der Waals surface area contributed by atoms with Gasteiger partial charge in [0.1, 0.15) is 0 Å². The van der Waals surface area contributed by atoms with Crippen molar-refractivity contribution in [2.24, 2.45) is 5.92 Å². The van der Waals surface area contributed by atoms with Crippen molar-refractivity contribution in [2.45, 2.75) is 40.0 Å². The van der Waals surface area contributed by atoms with Crippen LogP contribution in [0.1, 0.15) is 50.4 Å². The average Bonchev–Trinajstić information content (AvgIpc) is 2.77. The van der Waals surface area contributed by atoms with E-state index in [1.54, 1.807) is 6.20 Å². The lowest BCUT2D eigenvalue weighted by Gasteiger charge is -2.24. The highest BCUT2D eigenvalue weighted by atomic mass is 16.1. The molecule has 31 heavy (non-hydrogen) atoms. The number of nitrogens with zero attached hydrogens (tertiary/aromatic N) is 2. The monoisotopic (exact) mass is 415 g/mol. The highest BCUT2D eigenvalue weighted by Gasteiger charge is 2.15. The van der Waals surface area contributed by atoms with E-state index in [4.69, 9.17) is 0 Å². The summed E-state index contributed by atoms with van der Waals surface area (Å²) < 4.78 is 0. The third kappa shape index (κ3) is 6.42. The molecule has 1 heterocycles. The Balaban J connectivity index is 1.65. The first kappa shape index (κ1) is 22.5. The smallest absolute Gasteiger partial charge is 0.257 e. The molecule has 0 bridgehead atoms. The number of hydrogen-bond acceptors (Lipinski definition) is 3. The van der Waals surface area contributed by atoms with Crippen molar-refractivity contribution in [1.82, 2.24) is 4.98 Å². The number of carbonyl (C=O) groups excluding carboxylic acids is 1. The van der Waals surface area contributed by atoms with Gasteiger partial charge >= 0.3 is 0 Å². The summed E-state index contributed by atoms with van der Waals surface area (Å²) in [4.78, 5) is 19.7. The number of carbonyl (C=O) groups is 1. The van der Waals surface area contributed by atoms with Crippen LogP contribution < -0.4 is 10.2 Å². The number of allylic oxidation sites excluding steroid dienone is 2. The van der Waals surface area contributed by atoms with E-state index < -0.39 is 0 Å². The van der Waals surface area contributed by atoms with Crippen LogP contribution in [0, 0.1) is 5.92 Å². The van der Waals surface area contributed by atoms with Gasteiger partial charge in [-0.25, -0.2) is 0 Å². The minimum absolute atomic E-state index is 0.115. The second-order valence-corrected chi connectivity index (χ2v) is 8.56. The van der Waals surface area contributed by atoms with Gasteiger partial charge in [-0.15, -0.1) is 0 Å². The summed E-state index contributed by atoms with van der Waals surface area (Å²) >= 11 is 0. The van der Waals surface area contributed by atoms with Crippen LogP contribution in [-0.4, -0.2) is 24.5 Å². The number of aromatic nitrogens is 1. The highest BCUT2D eigenvalue weighted by molar-refractivity contribution is 6.08. The summed E-state index contributed by atoms with van der Waals surface area (Å²) in [6.45, 7) is 7.51. The van der Waals surface area contributed by atoms with Gasteiger partial charge < -0.3 is 10.2 Å². The number of anilines is 2. The maximum atomic E-state index is 13.0. The third-order valence-corrected chi connectivity index (χ3v) is 5.58. The van der Waals surface area contributed by atoms with E-state index in [0.29, 0.717) is 17.2 Å². The van der Waals surface area contributed by atoms with Crippen LogP contribution in [0.25, 0.3) is 10.9 Å². The zero-order valence-corrected chi connectivity index (χ0v) is 19.1. The predicted molar refractivity (Wildman–Crippen MR) is 132 cm³/mol. The quantitative estimate of drug-likeness (QED) is 0.396. The van der Waals surface area contributed by atoms with Gasteiger partial charge in [-0.2, -0.15) is 0 Å². The van der Waals surface area contributed by atoms with Crippen LogP contribution in [0.3, 0.4) is 0 Å². The van der Waals surface area contributed by atoms with Gasteiger partial charge in [0.25, 0.3) is 5.91 Å². The Hall–Kier alpha value is -3.14. The maximum absolute atomic E-state index is 13.0. The van der Waals surface area contributed by atoms with Crippen molar-refractivity contribution in [3.63, 3.8) is 0 Å². The molecule has 1 aromatic heterocycles. The van der Waals surface area contributed by atoms with Gasteiger partial charge in [0.15, 0.2) is 0 Å². The molecule has 162 valence electrons. The fourth-order valence-electron chi connectivity index (χ4n) is 3.67. The van der Waals surface area contributed by atoms with Gasteiger partial charge in [0.05, 0.1) is 23.0 Å². The standard InChI is InChI=1S/C27H33N3O/c1-20(2)10-9-11-21(3)16-17-30(4)26-15-8-6-13-24(26)27(31)29-23-18-22-12-5-7-14-25(22)28-19-23/h5-8,10,12-15,18-19,21H,9,11,16-17H2,1-4H3,(H,29,31). The van der Waals surface area contributed by atoms with Crippen molar-refractivity contribution in [2.75, 3.05) is 23.8 Å². The van der Waals surface area contributed by atoms with E-state index in [1.165, 1.54) is 12.0 Å². The minimum Gasteiger partial charge on any atom is -0.374 e. The lowest BCUT2D eigenvalue weighted by atomic mass is 10.0. The molecule has 1 unspecified atom stereocenters. The van der Waals surface area contributed by atoms with Gasteiger partial charge in [0.2, 0.25) is 0 Å². The molecule has 0 aliphatic carbocycles. The Morgan fingerprint density at radius 2 is 1.84 bits per heavy atom. The maximum Gasteiger partial charge on any atom is 0.257 e. The summed E-state index contributed by atoms with van der Waals surface area (Å²) in [5.41, 5.74) is 4.62. The molecule has 4 nitrogen and oxygen atoms in total. The summed E-state index contributed by atoms with van der Waals surface area (Å²) in [5.74, 6) is 0.527. The lowest BCUT2D eigenvalue weighted by molar-refractivity contribution is 0.102. The number of benzene rings is 2. The van der Waals surface area contributed by atoms with Crippen molar-refractivity contribution < 1.29 is 4.79 Å². The first-order chi connectivity index (χ1) is 14.9. The Morgan fingerprint density at radius 1 is 1.10 bits per heavy atom. The predicted octanol–water partition coefficient (Wildman–Crippen LogP) is 6.70. The highest BCUT2D eigenvalue weighted by Crippen LogP contribution is 2.23. The van der Waals surface area contributed by atoms with Gasteiger partial charge in [-0.3, -0.25) is 9.78 Å². The number of pyridine rings is 1.